The number of rotatable bonds is 15. The van der Waals surface area contributed by atoms with E-state index in [9.17, 15) is 14.7 Å². The molecule has 0 bridgehead atoms. The normalized spacial score (nSPS) is 14.8. The highest BCUT2D eigenvalue weighted by atomic mass is 127. The standard InChI is InChI=1S/C34H36IN5O8/c1-5-45-27-15-24(31-30(33(42)44-4)20(3)38-34(43)39-31)11-12-26(27)47-19-29(41)40-37-17-23-13-25(35)32(28(14-23)46-6-2)48-18-22-9-7-21(16-36)8-10-22/h7-15,17,29,31,40-41H,5-6,18-19H2,1-4H3,(H2,38,39,43)/b37-17+/t29-,31-/m1/s1. The molecule has 14 heteroatoms. The third kappa shape index (κ3) is 9.29. The number of urea groups is 1. The lowest BCUT2D eigenvalue weighted by atomic mass is 9.95. The molecule has 252 valence electrons. The molecular weight excluding hydrogens is 733 g/mol. The van der Waals surface area contributed by atoms with Crippen LogP contribution in [0, 0.1) is 14.9 Å². The maximum atomic E-state index is 12.5. The summed E-state index contributed by atoms with van der Waals surface area (Å²) in [6, 6.07) is 16.7. The summed E-state index contributed by atoms with van der Waals surface area (Å²) >= 11 is 2.16. The van der Waals surface area contributed by atoms with Crippen molar-refractivity contribution in [1.29, 1.82) is 5.26 Å². The number of benzene rings is 3. The fourth-order valence-corrected chi connectivity index (χ4v) is 5.50. The number of nitrogens with zero attached hydrogens (tertiary/aromatic N) is 2. The predicted molar refractivity (Wildman–Crippen MR) is 185 cm³/mol. The van der Waals surface area contributed by atoms with Crippen LogP contribution in [0.4, 0.5) is 4.79 Å². The molecule has 1 heterocycles. The van der Waals surface area contributed by atoms with Crippen LogP contribution in [0.3, 0.4) is 0 Å². The van der Waals surface area contributed by atoms with Crippen molar-refractivity contribution in [2.24, 2.45) is 5.10 Å². The Morgan fingerprint density at radius 1 is 1.06 bits per heavy atom. The minimum absolute atomic E-state index is 0.170. The van der Waals surface area contributed by atoms with Gasteiger partial charge in [-0.25, -0.2) is 9.59 Å². The van der Waals surface area contributed by atoms with E-state index < -0.39 is 24.3 Å². The van der Waals surface area contributed by atoms with E-state index in [1.165, 1.54) is 7.11 Å². The van der Waals surface area contributed by atoms with Gasteiger partial charge in [-0.2, -0.15) is 10.4 Å². The Bertz CT molecular complexity index is 1720. The average molecular weight is 770 g/mol. The van der Waals surface area contributed by atoms with Gasteiger partial charge in [0.05, 0.1) is 53.4 Å². The molecule has 0 saturated carbocycles. The number of allylic oxidation sites excluding steroid dienone is 1. The highest BCUT2D eigenvalue weighted by molar-refractivity contribution is 14.1. The lowest BCUT2D eigenvalue weighted by Crippen LogP contribution is -2.45. The second-order valence-corrected chi connectivity index (χ2v) is 11.4. The zero-order chi connectivity index (χ0) is 34.6. The Morgan fingerprint density at radius 3 is 2.48 bits per heavy atom. The molecule has 1 aliphatic rings. The fraction of sp³-hybridized carbons (Fsp3) is 0.294. The van der Waals surface area contributed by atoms with Crippen LogP contribution in [-0.2, 0) is 16.1 Å². The monoisotopic (exact) mass is 769 g/mol. The Labute approximate surface area is 292 Å². The molecule has 4 N–H and O–H groups in total. The number of nitriles is 1. The third-order valence-electron chi connectivity index (χ3n) is 6.91. The van der Waals surface area contributed by atoms with Crippen LogP contribution in [0.1, 0.15) is 49.1 Å². The van der Waals surface area contributed by atoms with Gasteiger partial charge in [-0.1, -0.05) is 18.2 Å². The van der Waals surface area contributed by atoms with Crippen molar-refractivity contribution >= 4 is 40.8 Å². The predicted octanol–water partition coefficient (Wildman–Crippen LogP) is 4.66. The second-order valence-electron chi connectivity index (χ2n) is 10.3. The van der Waals surface area contributed by atoms with Crippen LogP contribution in [0.15, 0.2) is 71.0 Å². The summed E-state index contributed by atoms with van der Waals surface area (Å²) in [7, 11) is 1.27. The van der Waals surface area contributed by atoms with E-state index in [1.54, 1.807) is 49.5 Å². The van der Waals surface area contributed by atoms with Crippen molar-refractivity contribution < 1.29 is 38.4 Å². The zero-order valence-corrected chi connectivity index (χ0v) is 29.0. The molecule has 4 rings (SSSR count). The smallest absolute Gasteiger partial charge is 0.337 e. The number of hydrazone groups is 1. The summed E-state index contributed by atoms with van der Waals surface area (Å²) in [5, 5.41) is 29.0. The largest absolute Gasteiger partial charge is 0.490 e. The summed E-state index contributed by atoms with van der Waals surface area (Å²) in [6.45, 7) is 6.20. The van der Waals surface area contributed by atoms with Crippen LogP contribution in [0.25, 0.3) is 0 Å². The number of carbonyl (C=O) groups is 2. The van der Waals surface area contributed by atoms with Crippen molar-refractivity contribution in [1.82, 2.24) is 16.1 Å². The second kappa shape index (κ2) is 17.2. The van der Waals surface area contributed by atoms with Crippen molar-refractivity contribution in [2.45, 2.75) is 39.6 Å². The first-order valence-corrected chi connectivity index (χ1v) is 16.1. The lowest BCUT2D eigenvalue weighted by Gasteiger charge is -2.28. The first-order chi connectivity index (χ1) is 23.2. The number of aliphatic hydroxyl groups excluding tert-OH is 1. The molecule has 48 heavy (non-hydrogen) atoms. The number of aliphatic hydroxyl groups is 1. The van der Waals surface area contributed by atoms with Crippen LogP contribution in [0.5, 0.6) is 23.0 Å². The molecule has 0 aliphatic carbocycles. The molecule has 0 fully saturated rings. The quantitative estimate of drug-likeness (QED) is 0.0560. The lowest BCUT2D eigenvalue weighted by molar-refractivity contribution is -0.136. The van der Waals surface area contributed by atoms with Gasteiger partial charge in [0.25, 0.3) is 0 Å². The molecule has 1 aliphatic heterocycles. The van der Waals surface area contributed by atoms with Gasteiger partial charge in [0.1, 0.15) is 13.2 Å². The molecule has 3 aromatic carbocycles. The number of methoxy groups -OCH3 is 1. The van der Waals surface area contributed by atoms with Gasteiger partial charge in [-0.15, -0.1) is 0 Å². The SMILES string of the molecule is CCOc1cc([C@H]2NC(=O)NC(C)=C2C(=O)OC)ccc1OC[C@@H](O)N/N=C/c1cc(I)c(OCc2ccc(C#N)cc2)c(OCC)c1. The van der Waals surface area contributed by atoms with Gasteiger partial charge in [-0.3, -0.25) is 5.43 Å². The van der Waals surface area contributed by atoms with Gasteiger partial charge in [0.2, 0.25) is 0 Å². The number of nitrogens with one attached hydrogen (secondary N) is 3. The first kappa shape index (κ1) is 35.8. The Kier molecular flexibility index (Phi) is 12.9. The maximum absolute atomic E-state index is 12.5. The van der Waals surface area contributed by atoms with E-state index in [2.05, 4.69) is 49.8 Å². The minimum atomic E-state index is -1.17. The molecule has 0 unspecified atom stereocenters. The van der Waals surface area contributed by atoms with Gasteiger partial charge in [0.15, 0.2) is 29.2 Å². The molecule has 0 saturated heterocycles. The van der Waals surface area contributed by atoms with E-state index in [-0.39, 0.29) is 12.2 Å². The van der Waals surface area contributed by atoms with E-state index in [0.717, 1.165) is 9.13 Å². The van der Waals surface area contributed by atoms with Crippen molar-refractivity contribution in [3.8, 4) is 29.1 Å². The molecule has 0 spiro atoms. The highest BCUT2D eigenvalue weighted by Gasteiger charge is 2.32. The Morgan fingerprint density at radius 2 is 1.79 bits per heavy atom. The zero-order valence-electron chi connectivity index (χ0n) is 26.8. The van der Waals surface area contributed by atoms with Gasteiger partial charge in [-0.05, 0) is 96.5 Å². The van der Waals surface area contributed by atoms with Crippen molar-refractivity contribution in [3.05, 3.63) is 91.7 Å². The van der Waals surface area contributed by atoms with Crippen LogP contribution >= 0.6 is 22.6 Å². The molecular formula is C34H36IN5O8. The average Bonchev–Trinajstić information content (AvgIpc) is 3.07. The number of hydrogen-bond acceptors (Lipinski definition) is 11. The van der Waals surface area contributed by atoms with Gasteiger partial charge in [0, 0.05) is 5.70 Å². The molecule has 0 aromatic heterocycles. The number of carbonyl (C=O) groups excluding carboxylic acids is 2. The summed E-state index contributed by atoms with van der Waals surface area (Å²) in [6.07, 6.45) is 0.372. The van der Waals surface area contributed by atoms with Crippen molar-refractivity contribution in [2.75, 3.05) is 26.9 Å². The topological polar surface area (TPSA) is 173 Å². The third-order valence-corrected chi connectivity index (χ3v) is 7.71. The van der Waals surface area contributed by atoms with E-state index in [4.69, 9.17) is 28.9 Å². The summed E-state index contributed by atoms with van der Waals surface area (Å²) in [4.78, 5) is 24.7. The Hall–Kier alpha value is -5.01. The Balaban J connectivity index is 1.40. The van der Waals surface area contributed by atoms with E-state index in [1.807, 2.05) is 32.0 Å². The van der Waals surface area contributed by atoms with Crippen LogP contribution < -0.4 is 35.0 Å². The van der Waals surface area contributed by atoms with Gasteiger partial charge < -0.3 is 39.4 Å². The summed E-state index contributed by atoms with van der Waals surface area (Å²) in [5.41, 5.74) is 6.08. The number of halogens is 1. The highest BCUT2D eigenvalue weighted by Crippen LogP contribution is 2.36. The fourth-order valence-electron chi connectivity index (χ4n) is 4.72. The molecule has 0 radical (unpaired) electrons. The van der Waals surface area contributed by atoms with E-state index >= 15 is 0 Å². The summed E-state index contributed by atoms with van der Waals surface area (Å²) in [5.74, 6) is 1.26. The van der Waals surface area contributed by atoms with Crippen LogP contribution in [0.2, 0.25) is 0 Å². The number of ether oxygens (including phenoxy) is 5. The molecule has 3 aromatic rings. The number of hydrogen-bond donors (Lipinski definition) is 4. The summed E-state index contributed by atoms with van der Waals surface area (Å²) < 4.78 is 29.2. The molecule has 13 nitrogen and oxygen atoms in total. The minimum Gasteiger partial charge on any atom is -0.490 e. The first-order valence-electron chi connectivity index (χ1n) is 15.0. The number of amides is 2. The van der Waals surface area contributed by atoms with Gasteiger partial charge >= 0.3 is 12.0 Å². The maximum Gasteiger partial charge on any atom is 0.337 e. The molecule has 2 atom stereocenters. The van der Waals surface area contributed by atoms with E-state index in [0.29, 0.717) is 65.2 Å². The van der Waals surface area contributed by atoms with Crippen molar-refractivity contribution in [3.63, 3.8) is 0 Å². The van der Waals surface area contributed by atoms with Crippen LogP contribution in [-0.4, -0.2) is 56.5 Å². The molecule has 2 amide bonds. The number of esters is 1.